The molecule has 2 aromatic carbocycles. The zero-order valence-corrected chi connectivity index (χ0v) is 20.0. The second-order valence-electron chi connectivity index (χ2n) is 7.95. The topological polar surface area (TPSA) is 106 Å². The van der Waals surface area contributed by atoms with Crippen LogP contribution in [-0.2, 0) is 4.79 Å². The molecule has 8 nitrogen and oxygen atoms in total. The maximum atomic E-state index is 16.0. The van der Waals surface area contributed by atoms with Crippen LogP contribution in [0.4, 0.5) is 19.7 Å². The van der Waals surface area contributed by atoms with Gasteiger partial charge < -0.3 is 20.7 Å². The first-order valence-electron chi connectivity index (χ1n) is 10.6. The van der Waals surface area contributed by atoms with Crippen LogP contribution in [0.3, 0.4) is 0 Å². The number of hydrogen-bond donors (Lipinski definition) is 2. The summed E-state index contributed by atoms with van der Waals surface area (Å²) in [5, 5.41) is 3.82. The third kappa shape index (κ3) is 4.00. The average Bonchev–Trinajstić information content (AvgIpc) is 3.47. The molecule has 3 heterocycles. The number of methoxy groups -OCH3 is 1. The van der Waals surface area contributed by atoms with Crippen LogP contribution in [0.5, 0.6) is 6.01 Å². The van der Waals surface area contributed by atoms with Crippen LogP contribution in [0.2, 0.25) is 5.02 Å². The van der Waals surface area contributed by atoms with E-state index >= 15 is 4.39 Å². The van der Waals surface area contributed by atoms with Gasteiger partial charge in [0, 0.05) is 35.6 Å². The van der Waals surface area contributed by atoms with Gasteiger partial charge in [0.15, 0.2) is 10.9 Å². The van der Waals surface area contributed by atoms with Gasteiger partial charge in [-0.25, -0.2) is 13.8 Å². The third-order valence-corrected chi connectivity index (χ3v) is 7.03. The number of nitrogens with one attached hydrogen (secondary N) is 1. The fourth-order valence-electron chi connectivity index (χ4n) is 4.22. The van der Waals surface area contributed by atoms with Crippen LogP contribution in [0.15, 0.2) is 30.9 Å². The van der Waals surface area contributed by atoms with E-state index in [2.05, 4.69) is 26.8 Å². The van der Waals surface area contributed by atoms with Crippen molar-refractivity contribution in [2.75, 3.05) is 31.2 Å². The quantitative estimate of drug-likeness (QED) is 0.372. The van der Waals surface area contributed by atoms with Gasteiger partial charge in [0.05, 0.1) is 22.3 Å². The summed E-state index contributed by atoms with van der Waals surface area (Å²) < 4.78 is 35.7. The summed E-state index contributed by atoms with van der Waals surface area (Å²) in [6.45, 7) is 4.51. The van der Waals surface area contributed by atoms with Gasteiger partial charge in [0.25, 0.3) is 0 Å². The Balaban J connectivity index is 1.64. The monoisotopic (exact) mass is 516 g/mol. The van der Waals surface area contributed by atoms with E-state index in [1.165, 1.54) is 25.3 Å². The van der Waals surface area contributed by atoms with Crippen molar-refractivity contribution in [2.24, 2.45) is 0 Å². The number of anilines is 2. The number of amides is 1. The molecule has 1 amide bonds. The van der Waals surface area contributed by atoms with Crippen molar-refractivity contribution >= 4 is 60.9 Å². The molecular formula is C23H19ClF2N6O2S. The standard InChI is InChI=1S/C23H19ClF2N6O2S/c1-3-15(33)32-7-6-10(9-32)28-21-12-8-13(24)16(17(26)18(12)30-23(31-21)34-2)11-4-5-14(25)20-19(11)29-22(27)35-20/h3-5,8,10H,1,6-7,9H2,2H3,(H2,27,29)(H,28,30,31). The highest BCUT2D eigenvalue weighted by atomic mass is 35.5. The molecule has 0 spiro atoms. The minimum Gasteiger partial charge on any atom is -0.467 e. The highest BCUT2D eigenvalue weighted by Gasteiger charge is 2.27. The predicted molar refractivity (Wildman–Crippen MR) is 133 cm³/mol. The molecule has 1 aliphatic heterocycles. The highest BCUT2D eigenvalue weighted by Crippen LogP contribution is 2.42. The van der Waals surface area contributed by atoms with Gasteiger partial charge in [-0.15, -0.1) is 0 Å². The first kappa shape index (κ1) is 23.2. The van der Waals surface area contributed by atoms with E-state index in [4.69, 9.17) is 22.1 Å². The normalized spacial score (nSPS) is 15.7. The van der Waals surface area contributed by atoms with Crippen LogP contribution in [0, 0.1) is 11.6 Å². The summed E-state index contributed by atoms with van der Waals surface area (Å²) in [6, 6.07) is 4.00. The van der Waals surface area contributed by atoms with Gasteiger partial charge in [0.2, 0.25) is 5.91 Å². The lowest BCUT2D eigenvalue weighted by atomic mass is 10.0. The molecule has 5 rings (SSSR count). The molecule has 1 aliphatic rings. The summed E-state index contributed by atoms with van der Waals surface area (Å²) in [4.78, 5) is 26.3. The molecule has 0 saturated carbocycles. The molecule has 1 atom stereocenters. The highest BCUT2D eigenvalue weighted by molar-refractivity contribution is 7.22. The minimum absolute atomic E-state index is 0.0183. The van der Waals surface area contributed by atoms with E-state index in [0.29, 0.717) is 36.3 Å². The first-order valence-corrected chi connectivity index (χ1v) is 11.8. The molecule has 180 valence electrons. The van der Waals surface area contributed by atoms with Crippen molar-refractivity contribution in [3.63, 3.8) is 0 Å². The number of carbonyl (C=O) groups excluding carboxylic acids is 1. The van der Waals surface area contributed by atoms with Crippen molar-refractivity contribution in [1.82, 2.24) is 19.9 Å². The molecular weight excluding hydrogens is 498 g/mol. The SMILES string of the molecule is C=CC(=O)N1CCC(Nc2nc(OC)nc3c(F)c(-c4ccc(F)c5sc(N)nc45)c(Cl)cc23)C1. The van der Waals surface area contributed by atoms with E-state index in [9.17, 15) is 9.18 Å². The number of hydrogen-bond acceptors (Lipinski definition) is 8. The van der Waals surface area contributed by atoms with Crippen molar-refractivity contribution in [2.45, 2.75) is 12.5 Å². The lowest BCUT2D eigenvalue weighted by Crippen LogP contribution is -2.30. The van der Waals surface area contributed by atoms with Gasteiger partial charge >= 0.3 is 6.01 Å². The van der Waals surface area contributed by atoms with E-state index in [0.717, 1.165) is 11.3 Å². The largest absolute Gasteiger partial charge is 0.467 e. The Kier molecular flexibility index (Phi) is 5.89. The van der Waals surface area contributed by atoms with Crippen molar-refractivity contribution < 1.29 is 18.3 Å². The average molecular weight is 517 g/mol. The number of fused-ring (bicyclic) bond motifs is 2. The van der Waals surface area contributed by atoms with Gasteiger partial charge in [-0.2, -0.15) is 9.97 Å². The lowest BCUT2D eigenvalue weighted by molar-refractivity contribution is -0.125. The smallest absolute Gasteiger partial charge is 0.318 e. The molecule has 2 aromatic heterocycles. The number of carbonyl (C=O) groups is 1. The Morgan fingerprint density at radius 1 is 1.34 bits per heavy atom. The van der Waals surface area contributed by atoms with Crippen LogP contribution in [0.25, 0.3) is 32.2 Å². The Hall–Kier alpha value is -3.57. The Labute approximate surface area is 207 Å². The third-order valence-electron chi connectivity index (χ3n) is 5.84. The second-order valence-corrected chi connectivity index (χ2v) is 9.38. The summed E-state index contributed by atoms with van der Waals surface area (Å²) in [5.74, 6) is -1.08. The molecule has 1 unspecified atom stereocenters. The number of halogens is 3. The van der Waals surface area contributed by atoms with Crippen molar-refractivity contribution in [1.29, 1.82) is 0 Å². The molecule has 0 bridgehead atoms. The summed E-state index contributed by atoms with van der Waals surface area (Å²) in [5.41, 5.74) is 6.28. The summed E-state index contributed by atoms with van der Waals surface area (Å²) in [6.07, 6.45) is 1.94. The van der Waals surface area contributed by atoms with Crippen LogP contribution < -0.4 is 15.8 Å². The summed E-state index contributed by atoms with van der Waals surface area (Å²) in [7, 11) is 1.38. The van der Waals surface area contributed by atoms with Crippen LogP contribution in [0.1, 0.15) is 6.42 Å². The number of likely N-dealkylation sites (tertiary alicyclic amines) is 1. The van der Waals surface area contributed by atoms with E-state index in [1.807, 2.05) is 0 Å². The minimum atomic E-state index is -0.731. The fraction of sp³-hybridized carbons (Fsp3) is 0.217. The number of nitrogen functional groups attached to an aromatic ring is 1. The number of nitrogens with zero attached hydrogens (tertiary/aromatic N) is 4. The Morgan fingerprint density at radius 2 is 2.14 bits per heavy atom. The zero-order valence-electron chi connectivity index (χ0n) is 18.4. The van der Waals surface area contributed by atoms with Crippen LogP contribution >= 0.6 is 22.9 Å². The second kappa shape index (κ2) is 8.90. The van der Waals surface area contributed by atoms with Gasteiger partial charge in [-0.05, 0) is 30.7 Å². The Bertz CT molecular complexity index is 1510. The fourth-order valence-corrected chi connectivity index (χ4v) is 5.28. The number of ether oxygens (including phenoxy) is 1. The van der Waals surface area contributed by atoms with Gasteiger partial charge in [-0.1, -0.05) is 29.5 Å². The maximum absolute atomic E-state index is 16.0. The van der Waals surface area contributed by atoms with E-state index in [-0.39, 0.29) is 49.4 Å². The number of thiazole rings is 1. The molecule has 1 fully saturated rings. The van der Waals surface area contributed by atoms with E-state index in [1.54, 1.807) is 11.0 Å². The molecule has 4 aromatic rings. The van der Waals surface area contributed by atoms with Gasteiger partial charge in [-0.3, -0.25) is 4.79 Å². The molecule has 1 saturated heterocycles. The Morgan fingerprint density at radius 3 is 2.89 bits per heavy atom. The van der Waals surface area contributed by atoms with Crippen LogP contribution in [-0.4, -0.2) is 52.0 Å². The lowest BCUT2D eigenvalue weighted by Gasteiger charge is -2.18. The number of aromatic nitrogens is 3. The maximum Gasteiger partial charge on any atom is 0.318 e. The van der Waals surface area contributed by atoms with Crippen molar-refractivity contribution in [3.8, 4) is 17.1 Å². The molecule has 0 aliphatic carbocycles. The molecule has 0 radical (unpaired) electrons. The van der Waals surface area contributed by atoms with E-state index < -0.39 is 11.6 Å². The zero-order chi connectivity index (χ0) is 24.9. The van der Waals surface area contributed by atoms with Crippen molar-refractivity contribution in [3.05, 3.63) is 47.5 Å². The predicted octanol–water partition coefficient (Wildman–Crippen LogP) is 4.63. The molecule has 35 heavy (non-hydrogen) atoms. The number of rotatable bonds is 5. The first-order chi connectivity index (χ1) is 16.8. The molecule has 12 heteroatoms. The summed E-state index contributed by atoms with van der Waals surface area (Å²) >= 11 is 7.54. The number of benzene rings is 2. The molecule has 3 N–H and O–H groups in total. The van der Waals surface area contributed by atoms with Gasteiger partial charge in [0.1, 0.15) is 17.2 Å². The number of nitrogens with two attached hydrogens (primary N) is 1.